The largest absolute Gasteiger partial charge is 0.312 e. The van der Waals surface area contributed by atoms with E-state index in [0.717, 1.165) is 18.6 Å². The maximum absolute atomic E-state index is 4.32. The van der Waals surface area contributed by atoms with E-state index >= 15 is 0 Å². The fourth-order valence-electron chi connectivity index (χ4n) is 3.03. The molecule has 19 heavy (non-hydrogen) atoms. The molecule has 104 valence electrons. The second-order valence-corrected chi connectivity index (χ2v) is 6.17. The summed E-state index contributed by atoms with van der Waals surface area (Å²) >= 11 is 0. The van der Waals surface area contributed by atoms with Crippen molar-refractivity contribution in [3.05, 3.63) is 29.6 Å². The average molecular weight is 259 g/mol. The Morgan fingerprint density at radius 1 is 1.26 bits per heavy atom. The quantitative estimate of drug-likeness (QED) is 0.880. The van der Waals surface area contributed by atoms with Gasteiger partial charge in [0, 0.05) is 37.6 Å². The smallest absolute Gasteiger partial charge is 0.0313 e. The number of piperidine rings is 1. The van der Waals surface area contributed by atoms with Crippen LogP contribution < -0.4 is 5.32 Å². The molecular weight excluding hydrogens is 234 g/mol. The van der Waals surface area contributed by atoms with Crippen molar-refractivity contribution in [2.75, 3.05) is 13.1 Å². The molecule has 1 aromatic heterocycles. The molecule has 0 bridgehead atoms. The van der Waals surface area contributed by atoms with Crippen LogP contribution in [0.5, 0.6) is 0 Å². The summed E-state index contributed by atoms with van der Waals surface area (Å²) in [5.41, 5.74) is 2.63. The van der Waals surface area contributed by atoms with Gasteiger partial charge in [0.05, 0.1) is 0 Å². The Balaban J connectivity index is 1.59. The fourth-order valence-corrected chi connectivity index (χ4v) is 3.03. The Hall–Kier alpha value is -0.930. The first kappa shape index (κ1) is 13.1. The van der Waals surface area contributed by atoms with Crippen LogP contribution in [-0.4, -0.2) is 35.1 Å². The molecule has 0 amide bonds. The number of rotatable bonds is 5. The van der Waals surface area contributed by atoms with Gasteiger partial charge in [-0.3, -0.25) is 9.88 Å². The molecule has 1 aromatic rings. The fraction of sp³-hybridized carbons (Fsp3) is 0.688. The number of pyridine rings is 1. The monoisotopic (exact) mass is 259 g/mol. The Labute approximate surface area is 116 Å². The SMILES string of the molecule is Cc1cncc(CN2CCCCC2CNC2CC2)c1. The molecule has 0 radical (unpaired) electrons. The highest BCUT2D eigenvalue weighted by atomic mass is 15.2. The van der Waals surface area contributed by atoms with Crippen LogP contribution in [-0.2, 0) is 6.54 Å². The number of hydrogen-bond donors (Lipinski definition) is 1. The molecule has 0 aromatic carbocycles. The second kappa shape index (κ2) is 6.02. The summed E-state index contributed by atoms with van der Waals surface area (Å²) in [4.78, 5) is 6.96. The van der Waals surface area contributed by atoms with E-state index in [-0.39, 0.29) is 0 Å². The van der Waals surface area contributed by atoms with Gasteiger partial charge in [-0.2, -0.15) is 0 Å². The predicted molar refractivity (Wildman–Crippen MR) is 78.0 cm³/mol. The highest BCUT2D eigenvalue weighted by Crippen LogP contribution is 2.22. The van der Waals surface area contributed by atoms with Crippen LogP contribution >= 0.6 is 0 Å². The Morgan fingerprint density at radius 2 is 2.16 bits per heavy atom. The molecule has 2 heterocycles. The van der Waals surface area contributed by atoms with Gasteiger partial charge in [0.2, 0.25) is 0 Å². The maximum atomic E-state index is 4.32. The molecule has 1 saturated heterocycles. The molecule has 0 spiro atoms. The summed E-state index contributed by atoms with van der Waals surface area (Å²) in [6, 6.07) is 3.81. The molecule has 1 aliphatic heterocycles. The number of likely N-dealkylation sites (tertiary alicyclic amines) is 1. The number of nitrogens with zero attached hydrogens (tertiary/aromatic N) is 2. The molecule has 1 N–H and O–H groups in total. The van der Waals surface area contributed by atoms with Crippen molar-refractivity contribution in [2.24, 2.45) is 0 Å². The first-order valence-corrected chi connectivity index (χ1v) is 7.69. The lowest BCUT2D eigenvalue weighted by Crippen LogP contribution is -2.45. The summed E-state index contributed by atoms with van der Waals surface area (Å²) in [7, 11) is 0. The van der Waals surface area contributed by atoms with Gasteiger partial charge in [0.25, 0.3) is 0 Å². The van der Waals surface area contributed by atoms with Gasteiger partial charge in [0.1, 0.15) is 0 Å². The van der Waals surface area contributed by atoms with E-state index in [0.29, 0.717) is 0 Å². The van der Waals surface area contributed by atoms with Crippen LogP contribution in [0.1, 0.15) is 43.2 Å². The number of aryl methyl sites for hydroxylation is 1. The van der Waals surface area contributed by atoms with Crippen molar-refractivity contribution in [1.82, 2.24) is 15.2 Å². The average Bonchev–Trinajstić information content (AvgIpc) is 3.22. The van der Waals surface area contributed by atoms with Crippen molar-refractivity contribution in [2.45, 2.75) is 57.7 Å². The first-order valence-electron chi connectivity index (χ1n) is 7.69. The molecule has 3 rings (SSSR count). The third-order valence-corrected chi connectivity index (χ3v) is 4.29. The third-order valence-electron chi connectivity index (χ3n) is 4.29. The first-order chi connectivity index (χ1) is 9.31. The van der Waals surface area contributed by atoms with Gasteiger partial charge < -0.3 is 5.32 Å². The standard InChI is InChI=1S/C16H25N3/c1-13-8-14(10-17-9-13)12-19-7-3-2-4-16(19)11-18-15-5-6-15/h8-10,15-16,18H,2-7,11-12H2,1H3. The van der Waals surface area contributed by atoms with E-state index in [1.165, 1.54) is 56.3 Å². The second-order valence-electron chi connectivity index (χ2n) is 6.17. The van der Waals surface area contributed by atoms with Crippen LogP contribution in [0.4, 0.5) is 0 Å². The summed E-state index contributed by atoms with van der Waals surface area (Å²) in [5.74, 6) is 0. The van der Waals surface area contributed by atoms with Gasteiger partial charge in [-0.25, -0.2) is 0 Å². The normalized spacial score (nSPS) is 24.6. The minimum atomic E-state index is 0.717. The molecule has 3 heteroatoms. The molecule has 3 nitrogen and oxygen atoms in total. The van der Waals surface area contributed by atoms with E-state index < -0.39 is 0 Å². The molecule has 1 unspecified atom stereocenters. The summed E-state index contributed by atoms with van der Waals surface area (Å²) < 4.78 is 0. The highest BCUT2D eigenvalue weighted by Gasteiger charge is 2.26. The van der Waals surface area contributed by atoms with Gasteiger partial charge in [-0.05, 0) is 50.3 Å². The van der Waals surface area contributed by atoms with Crippen LogP contribution in [0.15, 0.2) is 18.5 Å². The lowest BCUT2D eigenvalue weighted by atomic mass is 10.0. The zero-order valence-electron chi connectivity index (χ0n) is 11.9. The molecule has 1 atom stereocenters. The van der Waals surface area contributed by atoms with Crippen molar-refractivity contribution < 1.29 is 0 Å². The van der Waals surface area contributed by atoms with Crippen molar-refractivity contribution >= 4 is 0 Å². The zero-order chi connectivity index (χ0) is 13.1. The molecule has 2 aliphatic rings. The number of nitrogens with one attached hydrogen (secondary N) is 1. The van der Waals surface area contributed by atoms with E-state index in [9.17, 15) is 0 Å². The molecule has 1 aliphatic carbocycles. The topological polar surface area (TPSA) is 28.2 Å². The van der Waals surface area contributed by atoms with Crippen LogP contribution in [0.2, 0.25) is 0 Å². The van der Waals surface area contributed by atoms with Crippen molar-refractivity contribution in [1.29, 1.82) is 0 Å². The van der Waals surface area contributed by atoms with Crippen LogP contribution in [0.25, 0.3) is 0 Å². The Bertz CT molecular complexity index is 414. The van der Waals surface area contributed by atoms with Gasteiger partial charge in [0.15, 0.2) is 0 Å². The molecular formula is C16H25N3. The molecule has 2 fully saturated rings. The maximum Gasteiger partial charge on any atom is 0.0313 e. The molecule has 1 saturated carbocycles. The van der Waals surface area contributed by atoms with E-state index in [1.807, 2.05) is 12.4 Å². The highest BCUT2D eigenvalue weighted by molar-refractivity contribution is 5.16. The van der Waals surface area contributed by atoms with Crippen molar-refractivity contribution in [3.63, 3.8) is 0 Å². The lowest BCUT2D eigenvalue weighted by Gasteiger charge is -2.36. The van der Waals surface area contributed by atoms with Gasteiger partial charge in [-0.15, -0.1) is 0 Å². The van der Waals surface area contributed by atoms with E-state index in [2.05, 4.69) is 28.2 Å². The van der Waals surface area contributed by atoms with Gasteiger partial charge in [-0.1, -0.05) is 12.5 Å². The van der Waals surface area contributed by atoms with E-state index in [1.54, 1.807) is 0 Å². The third kappa shape index (κ3) is 3.77. The minimum absolute atomic E-state index is 0.717. The van der Waals surface area contributed by atoms with Crippen molar-refractivity contribution in [3.8, 4) is 0 Å². The Kier molecular flexibility index (Phi) is 4.14. The van der Waals surface area contributed by atoms with E-state index in [4.69, 9.17) is 0 Å². The Morgan fingerprint density at radius 3 is 2.95 bits per heavy atom. The number of hydrogen-bond acceptors (Lipinski definition) is 3. The van der Waals surface area contributed by atoms with Crippen LogP contribution in [0.3, 0.4) is 0 Å². The zero-order valence-corrected chi connectivity index (χ0v) is 11.9. The lowest BCUT2D eigenvalue weighted by molar-refractivity contribution is 0.137. The van der Waals surface area contributed by atoms with Crippen LogP contribution in [0, 0.1) is 6.92 Å². The predicted octanol–water partition coefficient (Wildman–Crippen LogP) is 2.50. The summed E-state index contributed by atoms with van der Waals surface area (Å²) in [6.07, 6.45) is 10.8. The summed E-state index contributed by atoms with van der Waals surface area (Å²) in [5, 5.41) is 3.70. The number of aromatic nitrogens is 1. The minimum Gasteiger partial charge on any atom is -0.312 e. The van der Waals surface area contributed by atoms with Gasteiger partial charge >= 0.3 is 0 Å². The summed E-state index contributed by atoms with van der Waals surface area (Å²) in [6.45, 7) is 5.60.